The molecule has 2 nitrogen and oxygen atoms in total. The van der Waals surface area contributed by atoms with Crippen molar-refractivity contribution in [2.45, 2.75) is 76.4 Å². The molecule has 0 aromatic carbocycles. The summed E-state index contributed by atoms with van der Waals surface area (Å²) in [5, 5.41) is 0. The molecule has 1 saturated heterocycles. The zero-order valence-corrected chi connectivity index (χ0v) is 12.8. The van der Waals surface area contributed by atoms with Gasteiger partial charge in [-0.1, -0.05) is 0 Å². The minimum absolute atomic E-state index is 0.478. The molecule has 4 aliphatic carbocycles. The fourth-order valence-corrected chi connectivity index (χ4v) is 6.31. The molecule has 5 fully saturated rings. The molecule has 2 unspecified atom stereocenters. The van der Waals surface area contributed by atoms with Gasteiger partial charge in [0.15, 0.2) is 0 Å². The fourth-order valence-electron chi connectivity index (χ4n) is 6.31. The van der Waals surface area contributed by atoms with Crippen molar-refractivity contribution in [2.24, 2.45) is 35.3 Å². The van der Waals surface area contributed by atoms with E-state index in [1.54, 1.807) is 6.42 Å². The highest BCUT2D eigenvalue weighted by atomic mass is 16.5. The first-order chi connectivity index (χ1) is 9.79. The molecule has 5 rings (SSSR count). The zero-order chi connectivity index (χ0) is 13.5. The third kappa shape index (κ3) is 2.54. The second kappa shape index (κ2) is 5.61. The minimum Gasteiger partial charge on any atom is -0.378 e. The van der Waals surface area contributed by atoms with Gasteiger partial charge in [-0.25, -0.2) is 0 Å². The van der Waals surface area contributed by atoms with Crippen LogP contribution < -0.4 is 5.73 Å². The first-order valence-electron chi connectivity index (χ1n) is 9.16. The standard InChI is InChI=1S/C18H31NO/c19-17(5-1-3-16-4-2-6-20-16)18-14-8-12-7-13(10-14)11-15(18)9-12/h12-18H,1-11,19H2. The van der Waals surface area contributed by atoms with E-state index in [-0.39, 0.29) is 0 Å². The second-order valence-electron chi connectivity index (χ2n) is 8.24. The summed E-state index contributed by atoms with van der Waals surface area (Å²) in [6, 6.07) is 0.478. The lowest BCUT2D eigenvalue weighted by Gasteiger charge is -2.56. The van der Waals surface area contributed by atoms with Gasteiger partial charge >= 0.3 is 0 Å². The van der Waals surface area contributed by atoms with Crippen molar-refractivity contribution in [1.29, 1.82) is 0 Å². The van der Waals surface area contributed by atoms with Gasteiger partial charge in [-0.15, -0.1) is 0 Å². The van der Waals surface area contributed by atoms with Crippen LogP contribution in [0.25, 0.3) is 0 Å². The summed E-state index contributed by atoms with van der Waals surface area (Å²) in [5.74, 6) is 5.00. The van der Waals surface area contributed by atoms with E-state index < -0.39 is 0 Å². The van der Waals surface area contributed by atoms with Gasteiger partial charge in [0.05, 0.1) is 6.10 Å². The van der Waals surface area contributed by atoms with Crippen LogP contribution in [-0.2, 0) is 4.74 Å². The van der Waals surface area contributed by atoms with Crippen LogP contribution in [0.4, 0.5) is 0 Å². The lowest BCUT2D eigenvalue weighted by atomic mass is 9.50. The summed E-state index contributed by atoms with van der Waals surface area (Å²) in [7, 11) is 0. The fraction of sp³-hybridized carbons (Fsp3) is 1.00. The van der Waals surface area contributed by atoms with Gasteiger partial charge in [-0.3, -0.25) is 0 Å². The van der Waals surface area contributed by atoms with E-state index in [9.17, 15) is 0 Å². The maximum atomic E-state index is 6.64. The number of ether oxygens (including phenoxy) is 1. The van der Waals surface area contributed by atoms with E-state index in [0.29, 0.717) is 12.1 Å². The molecule has 1 aliphatic heterocycles. The average molecular weight is 277 g/mol. The molecule has 4 saturated carbocycles. The zero-order valence-electron chi connectivity index (χ0n) is 12.8. The van der Waals surface area contributed by atoms with Crippen LogP contribution in [0, 0.1) is 29.6 Å². The van der Waals surface area contributed by atoms with Gasteiger partial charge in [0.25, 0.3) is 0 Å². The molecule has 0 radical (unpaired) electrons. The van der Waals surface area contributed by atoms with Gasteiger partial charge < -0.3 is 10.5 Å². The van der Waals surface area contributed by atoms with E-state index in [2.05, 4.69) is 0 Å². The van der Waals surface area contributed by atoms with Gasteiger partial charge in [0.2, 0.25) is 0 Å². The smallest absolute Gasteiger partial charge is 0.0576 e. The number of hydrogen-bond acceptors (Lipinski definition) is 2. The third-order valence-electron chi connectivity index (χ3n) is 6.88. The van der Waals surface area contributed by atoms with Crippen molar-refractivity contribution in [3.05, 3.63) is 0 Å². The molecular weight excluding hydrogens is 246 g/mol. The van der Waals surface area contributed by atoms with E-state index in [1.807, 2.05) is 0 Å². The Morgan fingerprint density at radius 3 is 2.30 bits per heavy atom. The van der Waals surface area contributed by atoms with Crippen LogP contribution in [0.1, 0.15) is 64.2 Å². The quantitative estimate of drug-likeness (QED) is 0.831. The maximum Gasteiger partial charge on any atom is 0.0576 e. The van der Waals surface area contributed by atoms with Crippen molar-refractivity contribution >= 4 is 0 Å². The van der Waals surface area contributed by atoms with Crippen LogP contribution in [-0.4, -0.2) is 18.8 Å². The van der Waals surface area contributed by atoms with E-state index in [4.69, 9.17) is 10.5 Å². The normalized spacial score (nSPS) is 47.9. The van der Waals surface area contributed by atoms with Crippen LogP contribution >= 0.6 is 0 Å². The Morgan fingerprint density at radius 1 is 1.00 bits per heavy atom. The van der Waals surface area contributed by atoms with Crippen LogP contribution in [0.3, 0.4) is 0 Å². The Kier molecular flexibility index (Phi) is 3.80. The summed E-state index contributed by atoms with van der Waals surface area (Å²) in [6.45, 7) is 0.992. The maximum absolute atomic E-state index is 6.64. The van der Waals surface area contributed by atoms with Crippen LogP contribution in [0.15, 0.2) is 0 Å². The molecule has 2 N–H and O–H groups in total. The summed E-state index contributed by atoms with van der Waals surface area (Å²) in [5.41, 5.74) is 6.64. The molecule has 4 bridgehead atoms. The van der Waals surface area contributed by atoms with Crippen molar-refractivity contribution in [3.63, 3.8) is 0 Å². The first-order valence-corrected chi connectivity index (χ1v) is 9.16. The molecule has 0 aromatic heterocycles. The van der Waals surface area contributed by atoms with Crippen molar-refractivity contribution < 1.29 is 4.74 Å². The first kappa shape index (κ1) is 13.6. The molecule has 1 heterocycles. The van der Waals surface area contributed by atoms with Crippen molar-refractivity contribution in [3.8, 4) is 0 Å². The van der Waals surface area contributed by atoms with Crippen LogP contribution in [0.2, 0.25) is 0 Å². The van der Waals surface area contributed by atoms with E-state index >= 15 is 0 Å². The molecular formula is C18H31NO. The van der Waals surface area contributed by atoms with Gasteiger partial charge in [0, 0.05) is 12.6 Å². The highest BCUT2D eigenvalue weighted by Crippen LogP contribution is 2.57. The van der Waals surface area contributed by atoms with Crippen molar-refractivity contribution in [2.75, 3.05) is 6.61 Å². The van der Waals surface area contributed by atoms with E-state index in [0.717, 1.165) is 36.2 Å². The average Bonchev–Trinajstić information content (AvgIpc) is 2.90. The highest BCUT2D eigenvalue weighted by Gasteiger charge is 2.49. The molecule has 0 spiro atoms. The molecule has 0 amide bonds. The second-order valence-corrected chi connectivity index (χ2v) is 8.24. The molecule has 114 valence electrons. The predicted octanol–water partition coefficient (Wildman–Crippen LogP) is 3.74. The lowest BCUT2D eigenvalue weighted by Crippen LogP contribution is -2.51. The molecule has 20 heavy (non-hydrogen) atoms. The summed E-state index contributed by atoms with van der Waals surface area (Å²) in [6.07, 6.45) is 14.5. The molecule has 0 aromatic rings. The van der Waals surface area contributed by atoms with Gasteiger partial charge in [0.1, 0.15) is 0 Å². The summed E-state index contributed by atoms with van der Waals surface area (Å²) >= 11 is 0. The monoisotopic (exact) mass is 277 g/mol. The van der Waals surface area contributed by atoms with Gasteiger partial charge in [-0.2, -0.15) is 0 Å². The molecule has 2 heteroatoms. The van der Waals surface area contributed by atoms with E-state index in [1.165, 1.54) is 57.8 Å². The largest absolute Gasteiger partial charge is 0.378 e. The van der Waals surface area contributed by atoms with Crippen molar-refractivity contribution in [1.82, 2.24) is 0 Å². The molecule has 5 aliphatic rings. The Labute approximate surface area is 123 Å². The minimum atomic E-state index is 0.478. The number of hydrogen-bond donors (Lipinski definition) is 1. The highest BCUT2D eigenvalue weighted by molar-refractivity contribution is 5.00. The summed E-state index contributed by atoms with van der Waals surface area (Å²) in [4.78, 5) is 0. The SMILES string of the molecule is NC(CCCC1CCCO1)C1C2CC3CC(C2)CC1C3. The Morgan fingerprint density at radius 2 is 1.70 bits per heavy atom. The number of rotatable bonds is 5. The van der Waals surface area contributed by atoms with Gasteiger partial charge in [-0.05, 0) is 93.8 Å². The lowest BCUT2D eigenvalue weighted by molar-refractivity contribution is -0.0480. The van der Waals surface area contributed by atoms with Crippen LogP contribution in [0.5, 0.6) is 0 Å². The molecule has 2 atom stereocenters. The predicted molar refractivity (Wildman–Crippen MR) is 81.3 cm³/mol. The Bertz CT molecular complexity index is 308. The topological polar surface area (TPSA) is 35.2 Å². The summed E-state index contributed by atoms with van der Waals surface area (Å²) < 4.78 is 5.73. The Balaban J connectivity index is 1.28. The Hall–Kier alpha value is -0.0800. The number of nitrogens with two attached hydrogens (primary N) is 1. The third-order valence-corrected chi connectivity index (χ3v) is 6.88.